The molecule has 1 rings (SSSR count). The van der Waals surface area contributed by atoms with Gasteiger partial charge in [0.05, 0.1) is 6.54 Å². The number of nitrogens with zero attached hydrogens (tertiary/aromatic N) is 1. The zero-order valence-electron chi connectivity index (χ0n) is 9.79. The van der Waals surface area contributed by atoms with Gasteiger partial charge in [0.1, 0.15) is 17.5 Å². The Labute approximate surface area is 120 Å². The number of rotatable bonds is 6. The maximum atomic E-state index is 13.5. The molecule has 0 radical (unpaired) electrons. The molecule has 0 fully saturated rings. The summed E-state index contributed by atoms with van der Waals surface area (Å²) >= 11 is 2.86. The number of alkyl halides is 3. The van der Waals surface area contributed by atoms with E-state index in [1.54, 1.807) is 0 Å². The third-order valence-corrected chi connectivity index (χ3v) is 4.51. The highest BCUT2D eigenvalue weighted by Gasteiger charge is 2.32. The van der Waals surface area contributed by atoms with E-state index in [9.17, 15) is 30.4 Å². The van der Waals surface area contributed by atoms with Crippen LogP contribution in [0, 0.1) is 17.5 Å². The quantitative estimate of drug-likeness (QED) is 0.561. The Morgan fingerprint density at radius 2 is 1.65 bits per heavy atom. The van der Waals surface area contributed by atoms with Gasteiger partial charge in [-0.25, -0.2) is 30.4 Å². The number of hydrogen-bond acceptors (Lipinski definition) is 2. The molecule has 0 aliphatic carbocycles. The van der Waals surface area contributed by atoms with Crippen LogP contribution in [0.4, 0.5) is 22.0 Å². The van der Waals surface area contributed by atoms with Crippen LogP contribution in [0.3, 0.4) is 0 Å². The van der Waals surface area contributed by atoms with Crippen LogP contribution in [0.1, 0.15) is 0 Å². The van der Waals surface area contributed by atoms with E-state index in [0.717, 1.165) is 0 Å². The van der Waals surface area contributed by atoms with E-state index < -0.39 is 51.9 Å². The van der Waals surface area contributed by atoms with Crippen molar-refractivity contribution in [1.82, 2.24) is 4.31 Å². The first kappa shape index (κ1) is 17.3. The minimum Gasteiger partial charge on any atom is -0.209 e. The molecular formula is C10H9BrF5NO2S. The average Bonchev–Trinajstić information content (AvgIpc) is 2.25. The third kappa shape index (κ3) is 3.89. The molecule has 0 saturated heterocycles. The average molecular weight is 382 g/mol. The highest BCUT2D eigenvalue weighted by Crippen LogP contribution is 2.24. The highest BCUT2D eigenvalue weighted by molar-refractivity contribution is 9.09. The van der Waals surface area contributed by atoms with Crippen molar-refractivity contribution in [3.63, 3.8) is 0 Å². The van der Waals surface area contributed by atoms with Gasteiger partial charge in [0, 0.05) is 24.0 Å². The van der Waals surface area contributed by atoms with Gasteiger partial charge in [-0.05, 0) is 0 Å². The summed E-state index contributed by atoms with van der Waals surface area (Å²) in [5.74, 6) is -4.65. The first-order chi connectivity index (χ1) is 9.20. The van der Waals surface area contributed by atoms with Crippen LogP contribution < -0.4 is 0 Å². The van der Waals surface area contributed by atoms with E-state index in [1.165, 1.54) is 0 Å². The molecule has 10 heteroatoms. The van der Waals surface area contributed by atoms with Gasteiger partial charge in [0.2, 0.25) is 10.0 Å². The second-order valence-electron chi connectivity index (χ2n) is 3.64. The minimum absolute atomic E-state index is 0.0105. The molecule has 0 aromatic heterocycles. The molecule has 114 valence electrons. The lowest BCUT2D eigenvalue weighted by Crippen LogP contribution is -2.37. The number of sulfonamides is 1. The Balaban J connectivity index is 3.33. The van der Waals surface area contributed by atoms with Crippen LogP contribution in [0.25, 0.3) is 0 Å². The van der Waals surface area contributed by atoms with Crippen molar-refractivity contribution in [2.75, 3.05) is 18.4 Å². The molecule has 1 aromatic carbocycles. The molecule has 0 aliphatic heterocycles. The van der Waals surface area contributed by atoms with Gasteiger partial charge >= 0.3 is 0 Å². The van der Waals surface area contributed by atoms with E-state index in [2.05, 4.69) is 15.9 Å². The maximum absolute atomic E-state index is 13.5. The van der Waals surface area contributed by atoms with Crippen LogP contribution in [-0.4, -0.2) is 37.6 Å². The van der Waals surface area contributed by atoms with Gasteiger partial charge in [-0.2, -0.15) is 4.31 Å². The van der Waals surface area contributed by atoms with Crippen molar-refractivity contribution in [3.8, 4) is 0 Å². The van der Waals surface area contributed by atoms with E-state index in [-0.39, 0.29) is 21.8 Å². The Morgan fingerprint density at radius 3 is 2.05 bits per heavy atom. The molecule has 0 spiro atoms. The van der Waals surface area contributed by atoms with Crippen LogP contribution in [0.5, 0.6) is 0 Å². The van der Waals surface area contributed by atoms with E-state index in [4.69, 9.17) is 0 Å². The Morgan fingerprint density at radius 1 is 1.15 bits per heavy atom. The smallest absolute Gasteiger partial charge is 0.209 e. The van der Waals surface area contributed by atoms with Gasteiger partial charge in [-0.1, -0.05) is 15.9 Å². The van der Waals surface area contributed by atoms with Crippen molar-refractivity contribution in [2.45, 2.75) is 11.3 Å². The van der Waals surface area contributed by atoms with Crippen molar-refractivity contribution in [1.29, 1.82) is 0 Å². The lowest BCUT2D eigenvalue weighted by atomic mass is 10.3. The molecule has 0 heterocycles. The fourth-order valence-electron chi connectivity index (χ4n) is 1.46. The first-order valence-corrected chi connectivity index (χ1v) is 7.75. The zero-order valence-corrected chi connectivity index (χ0v) is 12.2. The summed E-state index contributed by atoms with van der Waals surface area (Å²) in [4.78, 5) is -1.44. The summed E-state index contributed by atoms with van der Waals surface area (Å²) in [6, 6.07) is 0.343. The summed E-state index contributed by atoms with van der Waals surface area (Å²) in [5.41, 5.74) is 0. The number of halogens is 6. The fraction of sp³-hybridized carbons (Fsp3) is 0.400. The van der Waals surface area contributed by atoms with E-state index in [1.807, 2.05) is 0 Å². The van der Waals surface area contributed by atoms with Crippen LogP contribution in [0.15, 0.2) is 17.0 Å². The summed E-state index contributed by atoms with van der Waals surface area (Å²) in [5, 5.41) is -0.0105. The molecule has 0 unspecified atom stereocenters. The van der Waals surface area contributed by atoms with E-state index >= 15 is 0 Å². The standard InChI is InChI=1S/C10H9BrF5NO2S/c11-1-2-17(5-9(15)16)20(18,19)10-7(13)3-6(12)4-8(10)14/h3-4,9H,1-2,5H2. The molecule has 20 heavy (non-hydrogen) atoms. The van der Waals surface area contributed by atoms with Gasteiger partial charge < -0.3 is 0 Å². The third-order valence-electron chi connectivity index (χ3n) is 2.24. The molecule has 0 bridgehead atoms. The Kier molecular flexibility index (Phi) is 5.90. The predicted molar refractivity (Wildman–Crippen MR) is 64.9 cm³/mol. The fourth-order valence-corrected chi connectivity index (χ4v) is 3.63. The van der Waals surface area contributed by atoms with Crippen molar-refractivity contribution < 1.29 is 30.4 Å². The molecule has 0 saturated carbocycles. The van der Waals surface area contributed by atoms with E-state index in [0.29, 0.717) is 0 Å². The lowest BCUT2D eigenvalue weighted by Gasteiger charge is -2.21. The summed E-state index contributed by atoms with van der Waals surface area (Å²) in [6.45, 7) is -1.63. The normalized spacial score (nSPS) is 12.4. The Bertz CT molecular complexity index is 558. The molecular weight excluding hydrogens is 373 g/mol. The minimum atomic E-state index is -4.83. The second kappa shape index (κ2) is 6.81. The molecule has 0 amide bonds. The topological polar surface area (TPSA) is 37.4 Å². The van der Waals surface area contributed by atoms with Crippen molar-refractivity contribution in [3.05, 3.63) is 29.6 Å². The van der Waals surface area contributed by atoms with Crippen molar-refractivity contribution >= 4 is 26.0 Å². The summed E-state index contributed by atoms with van der Waals surface area (Å²) in [7, 11) is -4.83. The SMILES string of the molecule is O=S(=O)(c1c(F)cc(F)cc1F)N(CCBr)CC(F)F. The molecule has 1 aromatic rings. The summed E-state index contributed by atoms with van der Waals surface area (Å²) < 4.78 is 88.5. The monoisotopic (exact) mass is 381 g/mol. The van der Waals surface area contributed by atoms with Crippen LogP contribution >= 0.6 is 15.9 Å². The predicted octanol–water partition coefficient (Wildman–Crippen LogP) is 2.75. The van der Waals surface area contributed by atoms with Gasteiger partial charge in [0.25, 0.3) is 6.43 Å². The lowest BCUT2D eigenvalue weighted by molar-refractivity contribution is 0.121. The molecule has 0 aliphatic rings. The first-order valence-electron chi connectivity index (χ1n) is 5.19. The highest BCUT2D eigenvalue weighted by atomic mass is 79.9. The van der Waals surface area contributed by atoms with Gasteiger partial charge in [-0.3, -0.25) is 0 Å². The van der Waals surface area contributed by atoms with Gasteiger partial charge in [-0.15, -0.1) is 0 Å². The number of benzene rings is 1. The number of hydrogen-bond donors (Lipinski definition) is 0. The van der Waals surface area contributed by atoms with Crippen molar-refractivity contribution in [2.24, 2.45) is 0 Å². The molecule has 0 N–H and O–H groups in total. The second-order valence-corrected chi connectivity index (χ2v) is 6.31. The Hall–Kier alpha value is -0.740. The van der Waals surface area contributed by atoms with Gasteiger partial charge in [0.15, 0.2) is 4.90 Å². The van der Waals surface area contributed by atoms with Crippen LogP contribution in [0.2, 0.25) is 0 Å². The maximum Gasteiger partial charge on any atom is 0.252 e. The molecule has 0 atom stereocenters. The largest absolute Gasteiger partial charge is 0.252 e. The van der Waals surface area contributed by atoms with Crippen LogP contribution in [-0.2, 0) is 10.0 Å². The zero-order chi connectivity index (χ0) is 15.5. The molecule has 3 nitrogen and oxygen atoms in total. The summed E-state index contributed by atoms with van der Waals surface area (Å²) in [6.07, 6.45) is -3.02.